The normalized spacial score (nSPS) is 28.8. The molecule has 0 amide bonds. The van der Waals surface area contributed by atoms with Gasteiger partial charge in [-0.1, -0.05) is 22.0 Å². The Morgan fingerprint density at radius 3 is 2.83 bits per heavy atom. The Morgan fingerprint density at radius 2 is 2.42 bits per heavy atom. The zero-order chi connectivity index (χ0) is 9.03. The SMILES string of the molecule is CCOC1(OC)C=CC(Br)=CC1. The van der Waals surface area contributed by atoms with Gasteiger partial charge in [-0.3, -0.25) is 0 Å². The third-order valence-corrected chi connectivity index (χ3v) is 2.40. The topological polar surface area (TPSA) is 18.5 Å². The molecule has 1 atom stereocenters. The highest BCUT2D eigenvalue weighted by atomic mass is 79.9. The molecule has 0 radical (unpaired) electrons. The fourth-order valence-corrected chi connectivity index (χ4v) is 1.44. The molecular weight excluding hydrogens is 220 g/mol. The molecule has 1 aliphatic carbocycles. The quantitative estimate of drug-likeness (QED) is 0.697. The Morgan fingerprint density at radius 1 is 1.67 bits per heavy atom. The smallest absolute Gasteiger partial charge is 0.191 e. The van der Waals surface area contributed by atoms with Crippen LogP contribution in [0.5, 0.6) is 0 Å². The summed E-state index contributed by atoms with van der Waals surface area (Å²) >= 11 is 3.38. The van der Waals surface area contributed by atoms with Gasteiger partial charge in [-0.05, 0) is 19.1 Å². The minimum Gasteiger partial charge on any atom is -0.349 e. The van der Waals surface area contributed by atoms with Gasteiger partial charge in [-0.15, -0.1) is 0 Å². The molecule has 12 heavy (non-hydrogen) atoms. The van der Waals surface area contributed by atoms with Crippen molar-refractivity contribution < 1.29 is 9.47 Å². The van der Waals surface area contributed by atoms with Crippen molar-refractivity contribution in [3.8, 4) is 0 Å². The predicted molar refractivity (Wildman–Crippen MR) is 52.1 cm³/mol. The molecule has 3 heteroatoms. The zero-order valence-corrected chi connectivity index (χ0v) is 8.93. The highest BCUT2D eigenvalue weighted by Crippen LogP contribution is 2.27. The molecule has 0 aromatic heterocycles. The zero-order valence-electron chi connectivity index (χ0n) is 7.34. The summed E-state index contributed by atoms with van der Waals surface area (Å²) in [6.45, 7) is 2.62. The second-order valence-corrected chi connectivity index (χ2v) is 3.49. The van der Waals surface area contributed by atoms with E-state index in [1.54, 1.807) is 7.11 Å². The molecule has 0 heterocycles. The largest absolute Gasteiger partial charge is 0.349 e. The van der Waals surface area contributed by atoms with Crippen LogP contribution in [0.2, 0.25) is 0 Å². The summed E-state index contributed by atoms with van der Waals surface area (Å²) in [5, 5.41) is 0. The van der Waals surface area contributed by atoms with Crippen molar-refractivity contribution in [2.45, 2.75) is 19.1 Å². The van der Waals surface area contributed by atoms with Crippen LogP contribution in [0.4, 0.5) is 0 Å². The minimum atomic E-state index is -0.536. The summed E-state index contributed by atoms with van der Waals surface area (Å²) < 4.78 is 11.9. The Balaban J connectivity index is 2.66. The molecule has 68 valence electrons. The Hall–Kier alpha value is -0.120. The van der Waals surface area contributed by atoms with Crippen molar-refractivity contribution in [1.82, 2.24) is 0 Å². The molecule has 0 saturated carbocycles. The molecule has 0 aromatic carbocycles. The third-order valence-electron chi connectivity index (χ3n) is 1.81. The van der Waals surface area contributed by atoms with E-state index in [1.807, 2.05) is 25.2 Å². The molecular formula is C9H13BrO2. The fraction of sp³-hybridized carbons (Fsp3) is 0.556. The molecule has 0 fully saturated rings. The first-order chi connectivity index (χ1) is 5.72. The fourth-order valence-electron chi connectivity index (χ4n) is 1.14. The number of hydrogen-bond donors (Lipinski definition) is 0. The first-order valence-electron chi connectivity index (χ1n) is 3.96. The van der Waals surface area contributed by atoms with Gasteiger partial charge in [0.05, 0.1) is 0 Å². The lowest BCUT2D eigenvalue weighted by Gasteiger charge is -2.29. The number of ether oxygens (including phenoxy) is 2. The standard InChI is InChI=1S/C9H13BrO2/c1-3-12-9(11-2)6-4-8(10)5-7-9/h4-6H,3,7H2,1-2H3. The second-order valence-electron chi connectivity index (χ2n) is 2.58. The van der Waals surface area contributed by atoms with Gasteiger partial charge in [0.1, 0.15) is 0 Å². The van der Waals surface area contributed by atoms with E-state index in [1.165, 1.54) is 0 Å². The molecule has 0 aromatic rings. The van der Waals surface area contributed by atoms with Crippen molar-refractivity contribution in [3.63, 3.8) is 0 Å². The molecule has 1 rings (SSSR count). The highest BCUT2D eigenvalue weighted by Gasteiger charge is 2.27. The van der Waals surface area contributed by atoms with E-state index in [-0.39, 0.29) is 0 Å². The van der Waals surface area contributed by atoms with Gasteiger partial charge in [-0.2, -0.15) is 0 Å². The first kappa shape index (κ1) is 9.96. The van der Waals surface area contributed by atoms with Gasteiger partial charge in [0.2, 0.25) is 0 Å². The molecule has 1 unspecified atom stereocenters. The van der Waals surface area contributed by atoms with Crippen LogP contribution in [-0.2, 0) is 9.47 Å². The van der Waals surface area contributed by atoms with E-state index >= 15 is 0 Å². The number of allylic oxidation sites excluding steroid dienone is 2. The van der Waals surface area contributed by atoms with Gasteiger partial charge in [0.15, 0.2) is 5.79 Å². The van der Waals surface area contributed by atoms with Crippen LogP contribution in [-0.4, -0.2) is 19.5 Å². The van der Waals surface area contributed by atoms with Crippen LogP contribution in [0, 0.1) is 0 Å². The summed E-state index contributed by atoms with van der Waals surface area (Å²) in [5.74, 6) is -0.536. The predicted octanol–water partition coefficient (Wildman–Crippen LogP) is 2.60. The van der Waals surface area contributed by atoms with Crippen LogP contribution in [0.3, 0.4) is 0 Å². The molecule has 2 nitrogen and oxygen atoms in total. The lowest BCUT2D eigenvalue weighted by molar-refractivity contribution is -0.183. The lowest BCUT2D eigenvalue weighted by atomic mass is 10.1. The molecule has 0 saturated heterocycles. The first-order valence-corrected chi connectivity index (χ1v) is 4.76. The van der Waals surface area contributed by atoms with E-state index in [2.05, 4.69) is 15.9 Å². The molecule has 0 N–H and O–H groups in total. The average Bonchev–Trinajstić information content (AvgIpc) is 2.10. The van der Waals surface area contributed by atoms with Crippen LogP contribution < -0.4 is 0 Å². The van der Waals surface area contributed by atoms with E-state index in [4.69, 9.17) is 9.47 Å². The second kappa shape index (κ2) is 4.21. The molecule has 0 bridgehead atoms. The third kappa shape index (κ3) is 2.19. The van der Waals surface area contributed by atoms with Gasteiger partial charge in [0, 0.05) is 24.6 Å². The van der Waals surface area contributed by atoms with Gasteiger partial charge >= 0.3 is 0 Å². The van der Waals surface area contributed by atoms with Crippen molar-refractivity contribution in [2.24, 2.45) is 0 Å². The Labute approximate surface area is 81.4 Å². The van der Waals surface area contributed by atoms with E-state index in [0.29, 0.717) is 6.61 Å². The van der Waals surface area contributed by atoms with Crippen molar-refractivity contribution in [3.05, 3.63) is 22.7 Å². The van der Waals surface area contributed by atoms with Gasteiger partial charge < -0.3 is 9.47 Å². The number of hydrogen-bond acceptors (Lipinski definition) is 2. The Bertz CT molecular complexity index is 211. The minimum absolute atomic E-state index is 0.536. The van der Waals surface area contributed by atoms with Crippen molar-refractivity contribution in [2.75, 3.05) is 13.7 Å². The molecule has 0 spiro atoms. The summed E-state index contributed by atoms with van der Waals surface area (Å²) in [6, 6.07) is 0. The summed E-state index contributed by atoms with van der Waals surface area (Å²) in [7, 11) is 1.66. The average molecular weight is 233 g/mol. The van der Waals surface area contributed by atoms with Crippen LogP contribution >= 0.6 is 15.9 Å². The number of halogens is 1. The van der Waals surface area contributed by atoms with Crippen LogP contribution in [0.25, 0.3) is 0 Å². The van der Waals surface area contributed by atoms with Crippen LogP contribution in [0.1, 0.15) is 13.3 Å². The van der Waals surface area contributed by atoms with Crippen LogP contribution in [0.15, 0.2) is 22.7 Å². The molecule has 1 aliphatic rings. The number of rotatable bonds is 3. The van der Waals surface area contributed by atoms with E-state index in [0.717, 1.165) is 10.9 Å². The summed E-state index contributed by atoms with van der Waals surface area (Å²) in [6.07, 6.45) is 6.68. The van der Waals surface area contributed by atoms with Gasteiger partial charge in [0.25, 0.3) is 0 Å². The maximum absolute atomic E-state index is 5.49. The maximum Gasteiger partial charge on any atom is 0.191 e. The van der Waals surface area contributed by atoms with E-state index < -0.39 is 5.79 Å². The summed E-state index contributed by atoms with van der Waals surface area (Å²) in [4.78, 5) is 0. The van der Waals surface area contributed by atoms with E-state index in [9.17, 15) is 0 Å². The Kier molecular flexibility index (Phi) is 3.50. The van der Waals surface area contributed by atoms with Gasteiger partial charge in [-0.25, -0.2) is 0 Å². The molecule has 0 aliphatic heterocycles. The summed E-state index contributed by atoms with van der Waals surface area (Å²) in [5.41, 5.74) is 0. The highest BCUT2D eigenvalue weighted by molar-refractivity contribution is 9.11. The maximum atomic E-state index is 5.49. The van der Waals surface area contributed by atoms with Crippen molar-refractivity contribution >= 4 is 15.9 Å². The van der Waals surface area contributed by atoms with Crippen molar-refractivity contribution in [1.29, 1.82) is 0 Å². The lowest BCUT2D eigenvalue weighted by Crippen LogP contribution is -2.33. The monoisotopic (exact) mass is 232 g/mol. The number of methoxy groups -OCH3 is 1.